The van der Waals surface area contributed by atoms with Crippen LogP contribution in [0.1, 0.15) is 25.3 Å². The maximum atomic E-state index is 13.3. The van der Waals surface area contributed by atoms with Crippen molar-refractivity contribution in [2.24, 2.45) is 5.92 Å². The van der Waals surface area contributed by atoms with Crippen molar-refractivity contribution >= 4 is 11.7 Å². The third kappa shape index (κ3) is 3.45. The minimum atomic E-state index is -0.890. The van der Waals surface area contributed by atoms with Gasteiger partial charge in [-0.05, 0) is 18.6 Å². The Hall–Kier alpha value is -2.09. The molecule has 0 heterocycles. The van der Waals surface area contributed by atoms with Crippen LogP contribution in [0.15, 0.2) is 18.2 Å². The number of nitrogens with one attached hydrogen (secondary N) is 1. The summed E-state index contributed by atoms with van der Waals surface area (Å²) in [5, 5.41) is 20.6. The number of hydrogen-bond donors (Lipinski definition) is 2. The third-order valence-corrected chi connectivity index (χ3v) is 2.65. The Morgan fingerprint density at radius 2 is 2.33 bits per heavy atom. The lowest BCUT2D eigenvalue weighted by Gasteiger charge is -2.14. The number of benzene rings is 1. The normalized spacial score (nSPS) is 11.6. The standard InChI is InChI=1S/C13H15FN2O2/c1-2-4-9(13(17)18)8-16-12-6-3-5-11(14)10(12)7-15/h3,5-6,9,16H,2,4,8H2,1H3,(H,17,18). The number of carboxylic acids is 1. The molecule has 0 aromatic heterocycles. The minimum absolute atomic E-state index is 0.0851. The smallest absolute Gasteiger partial charge is 0.308 e. The molecule has 0 spiro atoms. The van der Waals surface area contributed by atoms with Gasteiger partial charge in [0, 0.05) is 6.54 Å². The zero-order valence-electron chi connectivity index (χ0n) is 10.1. The summed E-state index contributed by atoms with van der Waals surface area (Å²) in [5.74, 6) is -2.03. The molecule has 0 bridgehead atoms. The van der Waals surface area contributed by atoms with E-state index in [0.29, 0.717) is 12.1 Å². The van der Waals surface area contributed by atoms with Gasteiger partial charge in [-0.3, -0.25) is 4.79 Å². The fraction of sp³-hybridized carbons (Fsp3) is 0.385. The van der Waals surface area contributed by atoms with E-state index in [2.05, 4.69) is 5.32 Å². The van der Waals surface area contributed by atoms with Gasteiger partial charge in [-0.2, -0.15) is 5.26 Å². The van der Waals surface area contributed by atoms with E-state index in [-0.39, 0.29) is 12.1 Å². The summed E-state index contributed by atoms with van der Waals surface area (Å²) in [6, 6.07) is 6.01. The van der Waals surface area contributed by atoms with Gasteiger partial charge in [0.25, 0.3) is 0 Å². The highest BCUT2D eigenvalue weighted by Gasteiger charge is 2.17. The van der Waals surface area contributed by atoms with Gasteiger partial charge in [0.2, 0.25) is 0 Å². The molecule has 0 amide bonds. The second kappa shape index (κ2) is 6.60. The number of hydrogen-bond acceptors (Lipinski definition) is 3. The monoisotopic (exact) mass is 250 g/mol. The van der Waals surface area contributed by atoms with Crippen LogP contribution in [0.5, 0.6) is 0 Å². The van der Waals surface area contributed by atoms with E-state index in [1.165, 1.54) is 12.1 Å². The molecule has 0 saturated carbocycles. The van der Waals surface area contributed by atoms with Crippen LogP contribution in [0.25, 0.3) is 0 Å². The summed E-state index contributed by atoms with van der Waals surface area (Å²) < 4.78 is 13.3. The Balaban J connectivity index is 2.77. The summed E-state index contributed by atoms with van der Waals surface area (Å²) in [6.45, 7) is 2.08. The highest BCUT2D eigenvalue weighted by molar-refractivity contribution is 5.71. The van der Waals surface area contributed by atoms with Crippen molar-refractivity contribution in [1.29, 1.82) is 5.26 Å². The largest absolute Gasteiger partial charge is 0.481 e. The molecule has 1 aromatic rings. The second-order valence-corrected chi connectivity index (χ2v) is 3.98. The molecule has 0 saturated heterocycles. The summed E-state index contributed by atoms with van der Waals surface area (Å²) in [4.78, 5) is 11.0. The Morgan fingerprint density at radius 3 is 2.89 bits per heavy atom. The van der Waals surface area contributed by atoms with Gasteiger partial charge in [0.05, 0.1) is 11.6 Å². The van der Waals surface area contributed by atoms with E-state index >= 15 is 0 Å². The Morgan fingerprint density at radius 1 is 1.61 bits per heavy atom. The van der Waals surface area contributed by atoms with Crippen LogP contribution in [0.2, 0.25) is 0 Å². The fourth-order valence-electron chi connectivity index (χ4n) is 1.68. The first-order valence-corrected chi connectivity index (χ1v) is 5.75. The van der Waals surface area contributed by atoms with E-state index in [1.807, 2.05) is 6.92 Å². The number of nitriles is 1. The van der Waals surface area contributed by atoms with Crippen molar-refractivity contribution in [2.45, 2.75) is 19.8 Å². The molecule has 0 fully saturated rings. The fourth-order valence-corrected chi connectivity index (χ4v) is 1.68. The molecule has 5 heteroatoms. The quantitative estimate of drug-likeness (QED) is 0.814. The molecule has 0 aliphatic heterocycles. The number of halogens is 1. The number of carboxylic acid groups (broad SMARTS) is 1. The molecule has 0 radical (unpaired) electrons. The van der Waals surface area contributed by atoms with Gasteiger partial charge in [-0.25, -0.2) is 4.39 Å². The van der Waals surface area contributed by atoms with Crippen LogP contribution in [-0.4, -0.2) is 17.6 Å². The highest BCUT2D eigenvalue weighted by Crippen LogP contribution is 2.18. The maximum Gasteiger partial charge on any atom is 0.308 e. The van der Waals surface area contributed by atoms with Crippen LogP contribution >= 0.6 is 0 Å². The van der Waals surface area contributed by atoms with E-state index in [1.54, 1.807) is 12.1 Å². The predicted octanol–water partition coefficient (Wildman–Crippen LogP) is 2.61. The minimum Gasteiger partial charge on any atom is -0.481 e. The van der Waals surface area contributed by atoms with Crippen LogP contribution in [0.4, 0.5) is 10.1 Å². The first-order valence-electron chi connectivity index (χ1n) is 5.75. The van der Waals surface area contributed by atoms with Crippen LogP contribution in [0, 0.1) is 23.1 Å². The third-order valence-electron chi connectivity index (χ3n) is 2.65. The molecular weight excluding hydrogens is 235 g/mol. The van der Waals surface area contributed by atoms with Gasteiger partial charge in [-0.1, -0.05) is 19.4 Å². The van der Waals surface area contributed by atoms with Crippen molar-refractivity contribution < 1.29 is 14.3 Å². The predicted molar refractivity (Wildman–Crippen MR) is 65.6 cm³/mol. The molecule has 96 valence electrons. The van der Waals surface area contributed by atoms with Gasteiger partial charge in [-0.15, -0.1) is 0 Å². The average molecular weight is 250 g/mol. The first kappa shape index (κ1) is 14.0. The van der Waals surface area contributed by atoms with Crippen molar-refractivity contribution in [1.82, 2.24) is 0 Å². The van der Waals surface area contributed by atoms with Gasteiger partial charge < -0.3 is 10.4 Å². The summed E-state index contributed by atoms with van der Waals surface area (Å²) in [5.41, 5.74) is 0.248. The van der Waals surface area contributed by atoms with Gasteiger partial charge in [0.15, 0.2) is 0 Å². The zero-order valence-corrected chi connectivity index (χ0v) is 10.1. The molecule has 0 aliphatic rings. The molecule has 18 heavy (non-hydrogen) atoms. The van der Waals surface area contributed by atoms with Gasteiger partial charge >= 0.3 is 5.97 Å². The number of anilines is 1. The van der Waals surface area contributed by atoms with Crippen molar-refractivity contribution in [3.8, 4) is 6.07 Å². The van der Waals surface area contributed by atoms with E-state index in [0.717, 1.165) is 6.42 Å². The van der Waals surface area contributed by atoms with Crippen molar-refractivity contribution in [3.63, 3.8) is 0 Å². The van der Waals surface area contributed by atoms with Crippen LogP contribution < -0.4 is 5.32 Å². The lowest BCUT2D eigenvalue weighted by molar-refractivity contribution is -0.141. The van der Waals surface area contributed by atoms with E-state index in [4.69, 9.17) is 10.4 Å². The van der Waals surface area contributed by atoms with E-state index in [9.17, 15) is 9.18 Å². The Kier molecular flexibility index (Phi) is 5.12. The molecule has 2 N–H and O–H groups in total. The maximum absolute atomic E-state index is 13.3. The molecule has 1 unspecified atom stereocenters. The van der Waals surface area contributed by atoms with Crippen molar-refractivity contribution in [3.05, 3.63) is 29.6 Å². The lowest BCUT2D eigenvalue weighted by Crippen LogP contribution is -2.23. The van der Waals surface area contributed by atoms with E-state index < -0.39 is 17.7 Å². The van der Waals surface area contributed by atoms with Crippen LogP contribution in [-0.2, 0) is 4.79 Å². The Bertz CT molecular complexity index is 469. The van der Waals surface area contributed by atoms with Crippen molar-refractivity contribution in [2.75, 3.05) is 11.9 Å². The lowest BCUT2D eigenvalue weighted by atomic mass is 10.0. The molecule has 4 nitrogen and oxygen atoms in total. The highest BCUT2D eigenvalue weighted by atomic mass is 19.1. The summed E-state index contributed by atoms with van der Waals surface area (Å²) in [6.07, 6.45) is 1.30. The molecule has 0 aliphatic carbocycles. The number of rotatable bonds is 6. The SMILES string of the molecule is CCCC(CNc1cccc(F)c1C#N)C(=O)O. The molecule has 1 aromatic carbocycles. The van der Waals surface area contributed by atoms with Crippen LogP contribution in [0.3, 0.4) is 0 Å². The second-order valence-electron chi connectivity index (χ2n) is 3.98. The number of aliphatic carboxylic acids is 1. The zero-order chi connectivity index (χ0) is 13.5. The summed E-state index contributed by atoms with van der Waals surface area (Å²) in [7, 11) is 0. The van der Waals surface area contributed by atoms with Gasteiger partial charge in [0.1, 0.15) is 17.4 Å². The molecular formula is C13H15FN2O2. The summed E-state index contributed by atoms with van der Waals surface area (Å²) >= 11 is 0. The topological polar surface area (TPSA) is 73.1 Å². The number of nitrogens with zero attached hydrogens (tertiary/aromatic N) is 1. The molecule has 1 rings (SSSR count). The Labute approximate surface area is 105 Å². The molecule has 1 atom stereocenters. The number of carbonyl (C=O) groups is 1. The first-order chi connectivity index (χ1) is 8.60. The average Bonchev–Trinajstić information content (AvgIpc) is 2.34.